The molecule has 1 saturated carbocycles. The zero-order chi connectivity index (χ0) is 11.6. The summed E-state index contributed by atoms with van der Waals surface area (Å²) < 4.78 is 5.58. The maximum absolute atomic E-state index is 5.86. The Morgan fingerprint density at radius 3 is 2.62 bits per heavy atom. The fourth-order valence-corrected chi connectivity index (χ4v) is 2.57. The van der Waals surface area contributed by atoms with Gasteiger partial charge in [0.25, 0.3) is 0 Å². The van der Waals surface area contributed by atoms with Crippen molar-refractivity contribution >= 4 is 0 Å². The van der Waals surface area contributed by atoms with E-state index in [1.807, 2.05) is 13.0 Å². The van der Waals surface area contributed by atoms with Gasteiger partial charge in [-0.25, -0.2) is 0 Å². The molecule has 1 aromatic rings. The molecule has 0 unspecified atom stereocenters. The van der Waals surface area contributed by atoms with E-state index in [2.05, 4.69) is 18.0 Å². The monoisotopic (exact) mass is 222 g/mol. The molecule has 2 rings (SSSR count). The molecule has 0 spiro atoms. The predicted molar refractivity (Wildman–Crippen MR) is 65.1 cm³/mol. The number of rotatable bonds is 5. The molecule has 1 aromatic heterocycles. The highest BCUT2D eigenvalue weighted by molar-refractivity contribution is 5.05. The molecular weight excluding hydrogens is 200 g/mol. The molecule has 1 heterocycles. The van der Waals surface area contributed by atoms with E-state index in [0.29, 0.717) is 5.41 Å². The molecule has 0 radical (unpaired) electrons. The lowest BCUT2D eigenvalue weighted by Gasteiger charge is -2.43. The van der Waals surface area contributed by atoms with Crippen molar-refractivity contribution in [3.63, 3.8) is 0 Å². The average molecular weight is 222 g/mol. The van der Waals surface area contributed by atoms with Crippen molar-refractivity contribution in [3.8, 4) is 0 Å². The molecule has 1 aliphatic carbocycles. The van der Waals surface area contributed by atoms with Gasteiger partial charge in [0.1, 0.15) is 11.5 Å². The quantitative estimate of drug-likeness (QED) is 0.830. The highest BCUT2D eigenvalue weighted by Crippen LogP contribution is 2.40. The highest BCUT2D eigenvalue weighted by atomic mass is 16.3. The van der Waals surface area contributed by atoms with Crippen molar-refractivity contribution in [2.75, 3.05) is 20.1 Å². The lowest BCUT2D eigenvalue weighted by atomic mass is 9.68. The lowest BCUT2D eigenvalue weighted by Crippen LogP contribution is -2.45. The molecule has 1 aliphatic rings. The first-order valence-corrected chi connectivity index (χ1v) is 6.07. The molecule has 1 fully saturated rings. The van der Waals surface area contributed by atoms with Gasteiger partial charge in [-0.05, 0) is 50.9 Å². The Hall–Kier alpha value is -0.800. The fourth-order valence-electron chi connectivity index (χ4n) is 2.57. The number of nitrogens with zero attached hydrogens (tertiary/aromatic N) is 1. The largest absolute Gasteiger partial charge is 0.465 e. The summed E-state index contributed by atoms with van der Waals surface area (Å²) in [7, 11) is 2.15. The first-order chi connectivity index (χ1) is 7.63. The predicted octanol–water partition coefficient (Wildman–Crippen LogP) is 2.15. The number of aryl methyl sites for hydroxylation is 1. The lowest BCUT2D eigenvalue weighted by molar-refractivity contribution is 0.0813. The Morgan fingerprint density at radius 1 is 1.44 bits per heavy atom. The Kier molecular flexibility index (Phi) is 3.36. The van der Waals surface area contributed by atoms with Crippen LogP contribution in [0.5, 0.6) is 0 Å². The van der Waals surface area contributed by atoms with Gasteiger partial charge in [0, 0.05) is 6.54 Å². The Bertz CT molecular complexity index is 336. The first-order valence-electron chi connectivity index (χ1n) is 6.07. The van der Waals surface area contributed by atoms with Gasteiger partial charge >= 0.3 is 0 Å². The van der Waals surface area contributed by atoms with E-state index in [0.717, 1.165) is 31.2 Å². The first kappa shape index (κ1) is 11.7. The number of hydrogen-bond acceptors (Lipinski definition) is 3. The zero-order valence-electron chi connectivity index (χ0n) is 10.3. The molecule has 16 heavy (non-hydrogen) atoms. The van der Waals surface area contributed by atoms with Crippen LogP contribution in [0.4, 0.5) is 0 Å². The average Bonchev–Trinajstić information content (AvgIpc) is 2.57. The second kappa shape index (κ2) is 4.60. The summed E-state index contributed by atoms with van der Waals surface area (Å²) in [5, 5.41) is 0. The summed E-state index contributed by atoms with van der Waals surface area (Å²) in [6.07, 6.45) is 3.90. The maximum Gasteiger partial charge on any atom is 0.118 e. The summed E-state index contributed by atoms with van der Waals surface area (Å²) in [6.45, 7) is 4.77. The van der Waals surface area contributed by atoms with Gasteiger partial charge in [0.2, 0.25) is 0 Å². The van der Waals surface area contributed by atoms with E-state index in [1.54, 1.807) is 0 Å². The van der Waals surface area contributed by atoms with E-state index in [1.165, 1.54) is 19.3 Å². The topological polar surface area (TPSA) is 42.4 Å². The summed E-state index contributed by atoms with van der Waals surface area (Å²) >= 11 is 0. The van der Waals surface area contributed by atoms with Crippen molar-refractivity contribution in [2.24, 2.45) is 11.1 Å². The van der Waals surface area contributed by atoms with Gasteiger partial charge < -0.3 is 10.2 Å². The van der Waals surface area contributed by atoms with Crippen molar-refractivity contribution < 1.29 is 4.42 Å². The van der Waals surface area contributed by atoms with Gasteiger partial charge in [0.15, 0.2) is 0 Å². The van der Waals surface area contributed by atoms with E-state index < -0.39 is 0 Å². The van der Waals surface area contributed by atoms with Crippen LogP contribution in [-0.2, 0) is 6.54 Å². The summed E-state index contributed by atoms with van der Waals surface area (Å²) in [5.74, 6) is 2.03. The second-order valence-electron chi connectivity index (χ2n) is 5.24. The van der Waals surface area contributed by atoms with Crippen molar-refractivity contribution in [3.05, 3.63) is 23.7 Å². The molecule has 0 aromatic carbocycles. The Labute approximate surface area is 97.6 Å². The Morgan fingerprint density at radius 2 is 2.19 bits per heavy atom. The summed E-state index contributed by atoms with van der Waals surface area (Å²) in [4.78, 5) is 2.32. The SMILES string of the molecule is Cc1ccc(CN(C)CC2(CN)CCC2)o1. The van der Waals surface area contributed by atoms with E-state index >= 15 is 0 Å². The molecule has 2 N–H and O–H groups in total. The van der Waals surface area contributed by atoms with Crippen molar-refractivity contribution in [1.82, 2.24) is 4.90 Å². The molecule has 3 nitrogen and oxygen atoms in total. The molecule has 3 heteroatoms. The van der Waals surface area contributed by atoms with Crippen LogP contribution in [-0.4, -0.2) is 25.0 Å². The zero-order valence-corrected chi connectivity index (χ0v) is 10.3. The summed E-state index contributed by atoms with van der Waals surface area (Å²) in [5.41, 5.74) is 6.25. The normalized spacial score (nSPS) is 18.8. The number of hydrogen-bond donors (Lipinski definition) is 1. The standard InChI is InChI=1S/C13H22N2O/c1-11-4-5-12(16-11)8-15(2)10-13(9-14)6-3-7-13/h4-5H,3,6-10,14H2,1-2H3. The minimum Gasteiger partial charge on any atom is -0.465 e. The van der Waals surface area contributed by atoms with Gasteiger partial charge in [0.05, 0.1) is 6.54 Å². The van der Waals surface area contributed by atoms with Gasteiger partial charge in [-0.3, -0.25) is 4.90 Å². The number of nitrogens with two attached hydrogens (primary N) is 1. The summed E-state index contributed by atoms with van der Waals surface area (Å²) in [6, 6.07) is 4.08. The number of furan rings is 1. The molecule has 90 valence electrons. The van der Waals surface area contributed by atoms with Crippen LogP contribution in [0.15, 0.2) is 16.5 Å². The van der Waals surface area contributed by atoms with Crippen LogP contribution in [0.3, 0.4) is 0 Å². The van der Waals surface area contributed by atoms with Crippen LogP contribution in [0, 0.1) is 12.3 Å². The minimum absolute atomic E-state index is 0.385. The van der Waals surface area contributed by atoms with Crippen LogP contribution in [0.1, 0.15) is 30.8 Å². The third kappa shape index (κ3) is 2.47. The smallest absolute Gasteiger partial charge is 0.118 e. The van der Waals surface area contributed by atoms with Crippen LogP contribution in [0.2, 0.25) is 0 Å². The van der Waals surface area contributed by atoms with Crippen LogP contribution in [0.25, 0.3) is 0 Å². The maximum atomic E-state index is 5.86. The van der Waals surface area contributed by atoms with Gasteiger partial charge in [-0.1, -0.05) is 6.42 Å². The van der Waals surface area contributed by atoms with Crippen molar-refractivity contribution in [2.45, 2.75) is 32.7 Å². The highest BCUT2D eigenvalue weighted by Gasteiger charge is 2.36. The molecule has 0 saturated heterocycles. The van der Waals surface area contributed by atoms with E-state index in [4.69, 9.17) is 10.2 Å². The van der Waals surface area contributed by atoms with E-state index in [-0.39, 0.29) is 0 Å². The van der Waals surface area contributed by atoms with Crippen LogP contribution < -0.4 is 5.73 Å². The fraction of sp³-hybridized carbons (Fsp3) is 0.692. The Balaban J connectivity index is 1.86. The van der Waals surface area contributed by atoms with E-state index in [9.17, 15) is 0 Å². The molecule has 0 amide bonds. The molecule has 0 atom stereocenters. The third-order valence-electron chi connectivity index (χ3n) is 3.67. The molecular formula is C13H22N2O. The second-order valence-corrected chi connectivity index (χ2v) is 5.24. The van der Waals surface area contributed by atoms with Gasteiger partial charge in [-0.2, -0.15) is 0 Å². The minimum atomic E-state index is 0.385. The van der Waals surface area contributed by atoms with Gasteiger partial charge in [-0.15, -0.1) is 0 Å². The third-order valence-corrected chi connectivity index (χ3v) is 3.67. The van der Waals surface area contributed by atoms with Crippen molar-refractivity contribution in [1.29, 1.82) is 0 Å². The molecule has 0 aliphatic heterocycles. The molecule has 0 bridgehead atoms. The van der Waals surface area contributed by atoms with Crippen LogP contribution >= 0.6 is 0 Å².